The molecule has 0 saturated carbocycles. The second kappa shape index (κ2) is 8.22. The number of allylic oxidation sites excluding steroid dienone is 2. The molecule has 0 spiro atoms. The lowest BCUT2D eigenvalue weighted by molar-refractivity contribution is 0.703. The van der Waals surface area contributed by atoms with Crippen molar-refractivity contribution in [1.82, 2.24) is 18.7 Å². The molecular formula is C19H19BrN6O2. The normalized spacial score (nSPS) is 12.0. The molecule has 0 atom stereocenters. The summed E-state index contributed by atoms with van der Waals surface area (Å²) >= 11 is 3.44. The molecule has 0 bridgehead atoms. The van der Waals surface area contributed by atoms with Gasteiger partial charge in [0.1, 0.15) is 0 Å². The molecule has 0 aliphatic heterocycles. The smallest absolute Gasteiger partial charge is 0.299 e. The fraction of sp³-hybridized carbons (Fsp3) is 0.158. The first-order valence-electron chi connectivity index (χ1n) is 8.42. The molecular weight excluding hydrogens is 424 g/mol. The highest BCUT2D eigenvalue weighted by atomic mass is 79.9. The Kier molecular flexibility index (Phi) is 5.74. The molecule has 0 radical (unpaired) electrons. The predicted molar refractivity (Wildman–Crippen MR) is 116 cm³/mol. The number of benzene rings is 1. The molecule has 3 rings (SSSR count). The van der Waals surface area contributed by atoms with E-state index in [0.29, 0.717) is 18.0 Å². The topological polar surface area (TPSA) is 86.2 Å². The van der Waals surface area contributed by atoms with Crippen molar-refractivity contribution in [2.45, 2.75) is 6.54 Å². The Hall–Kier alpha value is -3.20. The highest BCUT2D eigenvalue weighted by Crippen LogP contribution is 2.16. The van der Waals surface area contributed by atoms with Crippen LogP contribution in [0.2, 0.25) is 0 Å². The Balaban J connectivity index is 1.98. The van der Waals surface area contributed by atoms with Crippen molar-refractivity contribution in [1.29, 1.82) is 0 Å². The molecule has 2 aromatic heterocycles. The number of aryl methyl sites for hydroxylation is 1. The van der Waals surface area contributed by atoms with Crippen LogP contribution in [0, 0.1) is 0 Å². The van der Waals surface area contributed by atoms with Crippen molar-refractivity contribution < 1.29 is 0 Å². The van der Waals surface area contributed by atoms with E-state index in [-0.39, 0.29) is 5.65 Å². The molecule has 2 heterocycles. The van der Waals surface area contributed by atoms with Crippen LogP contribution in [0.4, 0.5) is 5.95 Å². The summed E-state index contributed by atoms with van der Waals surface area (Å²) in [6, 6.07) is 9.79. The molecule has 0 aliphatic carbocycles. The molecule has 0 saturated heterocycles. The first-order valence-corrected chi connectivity index (χ1v) is 9.21. The van der Waals surface area contributed by atoms with E-state index in [9.17, 15) is 9.59 Å². The molecule has 144 valence electrons. The van der Waals surface area contributed by atoms with Crippen LogP contribution < -0.4 is 16.7 Å². The zero-order valence-electron chi connectivity index (χ0n) is 15.5. The van der Waals surface area contributed by atoms with Crippen molar-refractivity contribution in [3.8, 4) is 0 Å². The zero-order chi connectivity index (χ0) is 20.3. The summed E-state index contributed by atoms with van der Waals surface area (Å²) in [5, 5.41) is 4.18. The highest BCUT2D eigenvalue weighted by molar-refractivity contribution is 9.12. The van der Waals surface area contributed by atoms with Crippen molar-refractivity contribution in [3.63, 3.8) is 0 Å². The quantitative estimate of drug-likeness (QED) is 0.360. The maximum absolute atomic E-state index is 12.6. The first kappa shape index (κ1) is 19.6. The summed E-state index contributed by atoms with van der Waals surface area (Å²) in [5.74, 6) is 0.337. The van der Waals surface area contributed by atoms with Gasteiger partial charge in [-0.1, -0.05) is 36.4 Å². The van der Waals surface area contributed by atoms with Gasteiger partial charge in [0.2, 0.25) is 5.95 Å². The summed E-state index contributed by atoms with van der Waals surface area (Å²) in [6.45, 7) is 4.06. The van der Waals surface area contributed by atoms with Crippen LogP contribution >= 0.6 is 15.9 Å². The molecule has 0 aliphatic rings. The molecule has 1 aromatic carbocycles. The number of hydrogen-bond donors (Lipinski definition) is 1. The van der Waals surface area contributed by atoms with Crippen molar-refractivity contribution in [2.75, 3.05) is 5.43 Å². The van der Waals surface area contributed by atoms with E-state index >= 15 is 0 Å². The first-order chi connectivity index (χ1) is 13.4. The number of fused-ring (bicyclic) bond motifs is 1. The lowest BCUT2D eigenvalue weighted by Crippen LogP contribution is -2.37. The third kappa shape index (κ3) is 3.74. The van der Waals surface area contributed by atoms with Gasteiger partial charge in [0.05, 0.1) is 6.21 Å². The van der Waals surface area contributed by atoms with Crippen LogP contribution in [-0.2, 0) is 20.6 Å². The van der Waals surface area contributed by atoms with Crippen LogP contribution in [0.5, 0.6) is 0 Å². The Morgan fingerprint density at radius 3 is 2.64 bits per heavy atom. The van der Waals surface area contributed by atoms with E-state index in [1.54, 1.807) is 23.9 Å². The van der Waals surface area contributed by atoms with Gasteiger partial charge < -0.3 is 0 Å². The van der Waals surface area contributed by atoms with E-state index in [1.807, 2.05) is 36.4 Å². The van der Waals surface area contributed by atoms with Gasteiger partial charge in [-0.2, -0.15) is 10.1 Å². The number of nitrogens with one attached hydrogen (secondary N) is 1. The standard InChI is InChI=1S/C19H19BrN6O2/c1-4-10-26-15-16(24(2)19(28)25(3)17(15)27)22-18(26)23-21-12-14(20)11-13-8-6-5-7-9-13/h4-9,11-12H,1,10H2,2-3H3,(H,22,23)/b14-11-,21-12+. The maximum Gasteiger partial charge on any atom is 0.332 e. The average Bonchev–Trinajstić information content (AvgIpc) is 3.04. The molecule has 9 heteroatoms. The van der Waals surface area contributed by atoms with Gasteiger partial charge in [0, 0.05) is 25.1 Å². The highest BCUT2D eigenvalue weighted by Gasteiger charge is 2.18. The molecule has 28 heavy (non-hydrogen) atoms. The maximum atomic E-state index is 12.6. The number of hydrazone groups is 1. The van der Waals surface area contributed by atoms with Gasteiger partial charge in [-0.05, 0) is 27.6 Å². The van der Waals surface area contributed by atoms with E-state index in [0.717, 1.165) is 14.6 Å². The summed E-state index contributed by atoms with van der Waals surface area (Å²) in [7, 11) is 3.01. The number of nitrogens with zero attached hydrogens (tertiary/aromatic N) is 5. The Labute approximate surface area is 169 Å². The lowest BCUT2D eigenvalue weighted by Gasteiger charge is -2.06. The van der Waals surface area contributed by atoms with Gasteiger partial charge in [-0.3, -0.25) is 18.5 Å². The second-order valence-electron chi connectivity index (χ2n) is 6.02. The van der Waals surface area contributed by atoms with Crippen LogP contribution in [-0.4, -0.2) is 24.9 Å². The van der Waals surface area contributed by atoms with Crippen molar-refractivity contribution >= 4 is 45.3 Å². The second-order valence-corrected chi connectivity index (χ2v) is 6.94. The Morgan fingerprint density at radius 2 is 1.96 bits per heavy atom. The van der Waals surface area contributed by atoms with Crippen molar-refractivity contribution in [2.24, 2.45) is 19.2 Å². The molecule has 1 N–H and O–H groups in total. The third-order valence-electron chi connectivity index (χ3n) is 4.12. The summed E-state index contributed by atoms with van der Waals surface area (Å²) in [6.07, 6.45) is 5.14. The minimum absolute atomic E-state index is 0.284. The Bertz CT molecular complexity index is 1200. The molecule has 0 fully saturated rings. The predicted octanol–water partition coefficient (Wildman–Crippen LogP) is 2.45. The summed E-state index contributed by atoms with van der Waals surface area (Å²) in [5.41, 5.74) is 3.59. The van der Waals surface area contributed by atoms with Gasteiger partial charge in [0.15, 0.2) is 11.2 Å². The van der Waals surface area contributed by atoms with Crippen molar-refractivity contribution in [3.05, 3.63) is 73.9 Å². The van der Waals surface area contributed by atoms with E-state index in [2.05, 4.69) is 38.0 Å². The van der Waals surface area contributed by atoms with E-state index < -0.39 is 11.2 Å². The minimum Gasteiger partial charge on any atom is -0.299 e. The van der Waals surface area contributed by atoms with Gasteiger partial charge in [0.25, 0.3) is 5.56 Å². The number of anilines is 1. The number of rotatable bonds is 6. The monoisotopic (exact) mass is 442 g/mol. The average molecular weight is 443 g/mol. The molecule has 8 nitrogen and oxygen atoms in total. The van der Waals surface area contributed by atoms with Gasteiger partial charge >= 0.3 is 5.69 Å². The number of halogens is 1. The van der Waals surface area contributed by atoms with Crippen LogP contribution in [0.1, 0.15) is 5.56 Å². The zero-order valence-corrected chi connectivity index (χ0v) is 17.0. The molecule has 3 aromatic rings. The SMILES string of the molecule is C=CCn1c(N/N=C/C(Br)=C/c2ccccc2)nc2c1c(=O)n(C)c(=O)n2C. The Morgan fingerprint density at radius 1 is 1.25 bits per heavy atom. The van der Waals surface area contributed by atoms with E-state index in [4.69, 9.17) is 0 Å². The number of hydrogen-bond acceptors (Lipinski definition) is 5. The van der Waals surface area contributed by atoms with E-state index in [1.165, 1.54) is 11.6 Å². The van der Waals surface area contributed by atoms with Gasteiger partial charge in [-0.15, -0.1) is 6.58 Å². The molecule has 0 amide bonds. The van der Waals surface area contributed by atoms with Gasteiger partial charge in [-0.25, -0.2) is 10.2 Å². The largest absolute Gasteiger partial charge is 0.332 e. The molecule has 0 unspecified atom stereocenters. The fourth-order valence-electron chi connectivity index (χ4n) is 2.74. The minimum atomic E-state index is -0.440. The number of imidazole rings is 1. The fourth-order valence-corrected chi connectivity index (χ4v) is 3.10. The van der Waals surface area contributed by atoms with Crippen LogP contribution in [0.25, 0.3) is 17.2 Å². The third-order valence-corrected chi connectivity index (χ3v) is 4.55. The number of aromatic nitrogens is 4. The lowest BCUT2D eigenvalue weighted by atomic mass is 10.2. The summed E-state index contributed by atoms with van der Waals surface area (Å²) in [4.78, 5) is 29.1. The van der Waals surface area contributed by atoms with Crippen LogP contribution in [0.3, 0.4) is 0 Å². The van der Waals surface area contributed by atoms with Crippen LogP contribution in [0.15, 0.2) is 62.2 Å². The summed E-state index contributed by atoms with van der Waals surface area (Å²) < 4.78 is 4.77.